The van der Waals surface area contributed by atoms with Crippen LogP contribution in [0.25, 0.3) is 0 Å². The number of esters is 1. The summed E-state index contributed by atoms with van der Waals surface area (Å²) in [6, 6.07) is 3.04. The summed E-state index contributed by atoms with van der Waals surface area (Å²) < 4.78 is 10.9. The fourth-order valence-corrected chi connectivity index (χ4v) is 4.40. The van der Waals surface area contributed by atoms with Gasteiger partial charge >= 0.3 is 5.97 Å². The summed E-state index contributed by atoms with van der Waals surface area (Å²) >= 11 is 0. The first-order chi connectivity index (χ1) is 21.4. The standard InChI is InChI=1S/C28H35N11O6/c1-6-45-28(44)24-33-21(15-39(24)5)35-27(43)23-32-20(14-38(23)4)34-26(42)19-11-17(13-37(19)3)31-25(41)18-10-16(12-36(18)2)30-22(40)8-7-9-29/h10-15H,6-9,29H2,1-5H3,(H,30,40)(H,31,41)(H,34,42)(H,35,43). The Balaban J connectivity index is 1.39. The van der Waals surface area contributed by atoms with E-state index in [9.17, 15) is 24.0 Å². The first-order valence-corrected chi connectivity index (χ1v) is 13.9. The zero-order chi connectivity index (χ0) is 32.8. The molecule has 17 nitrogen and oxygen atoms in total. The Bertz CT molecular complexity index is 1760. The molecule has 0 aliphatic rings. The minimum atomic E-state index is -0.625. The lowest BCUT2D eigenvalue weighted by molar-refractivity contribution is -0.116. The molecule has 0 aliphatic heterocycles. The number of imidazole rings is 2. The van der Waals surface area contributed by atoms with Gasteiger partial charge in [0.15, 0.2) is 11.6 Å². The fraction of sp³-hybridized carbons (Fsp3) is 0.321. The summed E-state index contributed by atoms with van der Waals surface area (Å²) in [5, 5.41) is 10.7. The van der Waals surface area contributed by atoms with Gasteiger partial charge in [0, 0.05) is 59.4 Å². The van der Waals surface area contributed by atoms with Crippen molar-refractivity contribution in [1.82, 2.24) is 28.2 Å². The van der Waals surface area contributed by atoms with Crippen molar-refractivity contribution in [2.45, 2.75) is 19.8 Å². The van der Waals surface area contributed by atoms with E-state index >= 15 is 0 Å². The van der Waals surface area contributed by atoms with Gasteiger partial charge in [0.05, 0.1) is 18.0 Å². The van der Waals surface area contributed by atoms with Crippen LogP contribution in [0.2, 0.25) is 0 Å². The van der Waals surface area contributed by atoms with Crippen molar-refractivity contribution in [2.75, 3.05) is 34.4 Å². The lowest BCUT2D eigenvalue weighted by atomic mass is 10.3. The molecule has 0 bridgehead atoms. The van der Waals surface area contributed by atoms with E-state index in [-0.39, 0.29) is 47.9 Å². The number of hydrogen-bond acceptors (Lipinski definition) is 9. The van der Waals surface area contributed by atoms with E-state index < -0.39 is 23.7 Å². The number of carbonyl (C=O) groups is 5. The Hall–Kier alpha value is -5.71. The first kappa shape index (κ1) is 32.2. The molecule has 0 aromatic carbocycles. The van der Waals surface area contributed by atoms with Crippen LogP contribution in [0.4, 0.5) is 23.0 Å². The summed E-state index contributed by atoms with van der Waals surface area (Å²) in [7, 11) is 6.48. The highest BCUT2D eigenvalue weighted by Gasteiger charge is 2.21. The number of nitrogens with zero attached hydrogens (tertiary/aromatic N) is 6. The van der Waals surface area contributed by atoms with Crippen molar-refractivity contribution < 1.29 is 28.7 Å². The van der Waals surface area contributed by atoms with Crippen LogP contribution in [-0.2, 0) is 37.7 Å². The monoisotopic (exact) mass is 621 g/mol. The Morgan fingerprint density at radius 3 is 1.80 bits per heavy atom. The average molecular weight is 622 g/mol. The summed E-state index contributed by atoms with van der Waals surface area (Å²) in [6.45, 7) is 2.26. The number of carbonyl (C=O) groups excluding carboxylic acids is 5. The van der Waals surface area contributed by atoms with Gasteiger partial charge < -0.3 is 50.0 Å². The van der Waals surface area contributed by atoms with Crippen LogP contribution in [0.3, 0.4) is 0 Å². The third-order valence-corrected chi connectivity index (χ3v) is 6.52. The van der Waals surface area contributed by atoms with Crippen molar-refractivity contribution in [3.63, 3.8) is 0 Å². The average Bonchev–Trinajstić information content (AvgIpc) is 3.73. The molecule has 0 saturated heterocycles. The largest absolute Gasteiger partial charge is 0.460 e. The first-order valence-electron chi connectivity index (χ1n) is 13.9. The molecular formula is C28H35N11O6. The Morgan fingerprint density at radius 2 is 1.22 bits per heavy atom. The van der Waals surface area contributed by atoms with Crippen molar-refractivity contribution in [3.05, 3.63) is 60.0 Å². The minimum Gasteiger partial charge on any atom is -0.460 e. The molecule has 17 heteroatoms. The zero-order valence-corrected chi connectivity index (χ0v) is 25.5. The van der Waals surface area contributed by atoms with Crippen LogP contribution < -0.4 is 27.0 Å². The van der Waals surface area contributed by atoms with Crippen LogP contribution in [0, 0.1) is 0 Å². The van der Waals surface area contributed by atoms with Gasteiger partial charge in [-0.15, -0.1) is 0 Å². The molecule has 0 spiro atoms. The maximum Gasteiger partial charge on any atom is 0.374 e. The van der Waals surface area contributed by atoms with Crippen molar-refractivity contribution >= 4 is 52.6 Å². The lowest BCUT2D eigenvalue weighted by Gasteiger charge is -2.03. The molecule has 45 heavy (non-hydrogen) atoms. The molecule has 6 N–H and O–H groups in total. The van der Waals surface area contributed by atoms with E-state index in [1.165, 1.54) is 32.2 Å². The van der Waals surface area contributed by atoms with Crippen LogP contribution in [0.15, 0.2) is 36.9 Å². The van der Waals surface area contributed by atoms with E-state index in [0.29, 0.717) is 30.0 Å². The van der Waals surface area contributed by atoms with E-state index in [4.69, 9.17) is 10.5 Å². The number of ether oxygens (including phenoxy) is 1. The molecule has 4 heterocycles. The molecule has 0 aliphatic carbocycles. The summed E-state index contributed by atoms with van der Waals surface area (Å²) in [5.74, 6) is -2.19. The highest BCUT2D eigenvalue weighted by Crippen LogP contribution is 2.19. The van der Waals surface area contributed by atoms with Gasteiger partial charge in [-0.2, -0.15) is 0 Å². The van der Waals surface area contributed by atoms with Crippen LogP contribution in [0.1, 0.15) is 62.0 Å². The SMILES string of the molecule is CCOC(=O)c1nc(NC(=O)c2nc(NC(=O)c3cc(NC(=O)c4cc(NC(=O)CCCN)cn4C)cn3C)cn2C)cn1C. The molecule has 4 aromatic heterocycles. The Kier molecular flexibility index (Phi) is 9.82. The lowest BCUT2D eigenvalue weighted by Crippen LogP contribution is -2.18. The summed E-state index contributed by atoms with van der Waals surface area (Å²) in [4.78, 5) is 71.2. The molecule has 0 fully saturated rings. The number of anilines is 4. The second-order valence-electron chi connectivity index (χ2n) is 10.1. The van der Waals surface area contributed by atoms with Crippen molar-refractivity contribution in [1.29, 1.82) is 0 Å². The molecule has 238 valence electrons. The molecule has 0 saturated carbocycles. The predicted molar refractivity (Wildman–Crippen MR) is 164 cm³/mol. The molecule has 0 atom stereocenters. The zero-order valence-electron chi connectivity index (χ0n) is 25.5. The number of rotatable bonds is 12. The van der Waals surface area contributed by atoms with E-state index in [1.54, 1.807) is 58.1 Å². The van der Waals surface area contributed by atoms with Crippen LogP contribution >= 0.6 is 0 Å². The quantitative estimate of drug-likeness (QED) is 0.145. The van der Waals surface area contributed by atoms with E-state index in [0.717, 1.165) is 0 Å². The minimum absolute atomic E-state index is 0.0222. The normalized spacial score (nSPS) is 10.8. The fourth-order valence-electron chi connectivity index (χ4n) is 4.40. The number of hydrogen-bond donors (Lipinski definition) is 5. The molecule has 0 unspecified atom stereocenters. The third kappa shape index (κ3) is 7.63. The molecule has 4 amide bonds. The molecule has 4 rings (SSSR count). The van der Waals surface area contributed by atoms with Gasteiger partial charge in [0.25, 0.3) is 17.7 Å². The van der Waals surface area contributed by atoms with Gasteiger partial charge in [-0.25, -0.2) is 14.8 Å². The summed E-state index contributed by atoms with van der Waals surface area (Å²) in [6.07, 6.45) is 6.94. The smallest absolute Gasteiger partial charge is 0.374 e. The Labute approximate surface area is 257 Å². The topological polar surface area (TPSA) is 214 Å². The number of amides is 4. The van der Waals surface area contributed by atoms with Crippen molar-refractivity contribution in [2.24, 2.45) is 33.9 Å². The van der Waals surface area contributed by atoms with Gasteiger partial charge in [-0.1, -0.05) is 0 Å². The van der Waals surface area contributed by atoms with Crippen molar-refractivity contribution in [3.8, 4) is 0 Å². The predicted octanol–water partition coefficient (Wildman–Crippen LogP) is 1.44. The highest BCUT2D eigenvalue weighted by atomic mass is 16.5. The van der Waals surface area contributed by atoms with Gasteiger partial charge in [-0.05, 0) is 32.0 Å². The maximum absolute atomic E-state index is 13.1. The highest BCUT2D eigenvalue weighted by molar-refractivity contribution is 6.07. The number of nitrogens with one attached hydrogen (secondary N) is 4. The van der Waals surface area contributed by atoms with Gasteiger partial charge in [0.1, 0.15) is 11.4 Å². The Morgan fingerprint density at radius 1 is 0.711 bits per heavy atom. The second-order valence-corrected chi connectivity index (χ2v) is 10.1. The van der Waals surface area contributed by atoms with E-state index in [2.05, 4.69) is 31.2 Å². The molecule has 0 radical (unpaired) electrons. The number of aryl methyl sites for hydroxylation is 4. The van der Waals surface area contributed by atoms with Crippen LogP contribution in [0.5, 0.6) is 0 Å². The van der Waals surface area contributed by atoms with E-state index in [1.807, 2.05) is 0 Å². The third-order valence-electron chi connectivity index (χ3n) is 6.52. The summed E-state index contributed by atoms with van der Waals surface area (Å²) in [5.41, 5.74) is 6.78. The van der Waals surface area contributed by atoms with Gasteiger partial charge in [0.2, 0.25) is 17.6 Å². The second kappa shape index (κ2) is 13.7. The maximum atomic E-state index is 13.1. The number of nitrogens with two attached hydrogens (primary N) is 1. The van der Waals surface area contributed by atoms with Gasteiger partial charge in [-0.3, -0.25) is 19.2 Å². The number of aromatic nitrogens is 6. The van der Waals surface area contributed by atoms with Crippen LogP contribution in [-0.4, -0.2) is 71.0 Å². The molecular weight excluding hydrogens is 586 g/mol. The molecule has 4 aromatic rings.